The molecule has 2 rings (SSSR count). The van der Waals surface area contributed by atoms with Crippen molar-refractivity contribution in [2.75, 3.05) is 11.4 Å². The summed E-state index contributed by atoms with van der Waals surface area (Å²) in [5.74, 6) is 0.675. The van der Waals surface area contributed by atoms with E-state index in [1.165, 1.54) is 4.80 Å². The number of nitrogens with two attached hydrogens (primary N) is 1. The number of thiocarbonyl (C=S) groups is 1. The molecule has 0 unspecified atom stereocenters. The van der Waals surface area contributed by atoms with Gasteiger partial charge in [0, 0.05) is 18.7 Å². The first kappa shape index (κ1) is 13.4. The van der Waals surface area contributed by atoms with E-state index in [2.05, 4.69) is 20.3 Å². The topological polar surface area (TPSA) is 72.9 Å². The second kappa shape index (κ2) is 6.24. The molecule has 2 aromatic rings. The number of nitrogens with zero attached hydrogens (tertiary/aromatic N) is 5. The van der Waals surface area contributed by atoms with Crippen molar-refractivity contribution in [2.24, 2.45) is 12.8 Å². The Hall–Kier alpha value is -2.02. The lowest BCUT2D eigenvalue weighted by molar-refractivity contribution is 0.626. The van der Waals surface area contributed by atoms with Crippen molar-refractivity contribution in [3.63, 3.8) is 0 Å². The summed E-state index contributed by atoms with van der Waals surface area (Å²) >= 11 is 4.94. The predicted molar refractivity (Wildman–Crippen MR) is 77.7 cm³/mol. The van der Waals surface area contributed by atoms with Gasteiger partial charge in [0.2, 0.25) is 0 Å². The van der Waals surface area contributed by atoms with E-state index < -0.39 is 0 Å². The fourth-order valence-corrected chi connectivity index (χ4v) is 1.83. The van der Waals surface area contributed by atoms with Gasteiger partial charge in [-0.05, 0) is 17.3 Å². The summed E-state index contributed by atoms with van der Waals surface area (Å²) in [5, 5.41) is 12.0. The Kier molecular flexibility index (Phi) is 4.40. The molecule has 7 heteroatoms. The minimum atomic E-state index is 0.507. The second-order valence-electron chi connectivity index (χ2n) is 4.17. The fraction of sp³-hybridized carbons (Fsp3) is 0.333. The zero-order valence-electron chi connectivity index (χ0n) is 10.7. The molecule has 2 N–H and O–H groups in total. The number of para-hydroxylation sites is 1. The summed E-state index contributed by atoms with van der Waals surface area (Å²) in [4.78, 5) is 4.09. The summed E-state index contributed by atoms with van der Waals surface area (Å²) in [6.45, 7) is 1.32. The first-order valence-electron chi connectivity index (χ1n) is 5.96. The van der Waals surface area contributed by atoms with E-state index in [0.717, 1.165) is 12.2 Å². The van der Waals surface area contributed by atoms with Gasteiger partial charge in [-0.2, -0.15) is 4.80 Å². The van der Waals surface area contributed by atoms with Gasteiger partial charge in [-0.25, -0.2) is 0 Å². The molecular formula is C12H16N6S. The highest BCUT2D eigenvalue weighted by Gasteiger charge is 2.10. The molecule has 0 saturated heterocycles. The van der Waals surface area contributed by atoms with Gasteiger partial charge in [-0.3, -0.25) is 0 Å². The molecule has 0 aliphatic rings. The third kappa shape index (κ3) is 3.99. The molecule has 1 heterocycles. The lowest BCUT2D eigenvalue weighted by Crippen LogP contribution is -2.27. The van der Waals surface area contributed by atoms with Crippen LogP contribution in [0.1, 0.15) is 12.2 Å². The first-order valence-corrected chi connectivity index (χ1v) is 6.37. The Morgan fingerprint density at radius 1 is 1.37 bits per heavy atom. The van der Waals surface area contributed by atoms with Gasteiger partial charge in [0.05, 0.1) is 18.6 Å². The lowest BCUT2D eigenvalue weighted by atomic mass is 10.2. The van der Waals surface area contributed by atoms with Crippen LogP contribution in [0.3, 0.4) is 0 Å². The van der Waals surface area contributed by atoms with Crippen LogP contribution in [0, 0.1) is 0 Å². The van der Waals surface area contributed by atoms with Gasteiger partial charge in [0.15, 0.2) is 5.82 Å². The molecule has 19 heavy (non-hydrogen) atoms. The largest absolute Gasteiger partial charge is 0.393 e. The summed E-state index contributed by atoms with van der Waals surface area (Å²) in [5.41, 5.74) is 6.66. The number of aryl methyl sites for hydroxylation is 1. The zero-order valence-corrected chi connectivity index (χ0v) is 11.5. The van der Waals surface area contributed by atoms with Crippen LogP contribution in [0.25, 0.3) is 0 Å². The summed E-state index contributed by atoms with van der Waals surface area (Å²) in [6.07, 6.45) is 0.657. The predicted octanol–water partition coefficient (Wildman–Crippen LogP) is 0.893. The highest BCUT2D eigenvalue weighted by Crippen LogP contribution is 2.15. The molecule has 0 atom stereocenters. The SMILES string of the molecule is Cn1nnc(CN(CCC(N)=S)c2ccccc2)n1. The zero-order chi connectivity index (χ0) is 13.7. The van der Waals surface area contributed by atoms with Crippen molar-refractivity contribution < 1.29 is 0 Å². The highest BCUT2D eigenvalue weighted by atomic mass is 32.1. The monoisotopic (exact) mass is 276 g/mol. The van der Waals surface area contributed by atoms with Crippen LogP contribution in [0.4, 0.5) is 5.69 Å². The number of benzene rings is 1. The first-order chi connectivity index (χ1) is 9.15. The minimum absolute atomic E-state index is 0.507. The Labute approximate surface area is 117 Å². The van der Waals surface area contributed by atoms with Gasteiger partial charge in [0.25, 0.3) is 0 Å². The average Bonchev–Trinajstić information content (AvgIpc) is 2.81. The fourth-order valence-electron chi connectivity index (χ4n) is 1.74. The number of tetrazole rings is 1. The number of rotatable bonds is 6. The number of hydrogen-bond acceptors (Lipinski definition) is 5. The number of anilines is 1. The van der Waals surface area contributed by atoms with E-state index in [1.807, 2.05) is 30.3 Å². The van der Waals surface area contributed by atoms with E-state index in [0.29, 0.717) is 23.8 Å². The smallest absolute Gasteiger partial charge is 0.193 e. The highest BCUT2D eigenvalue weighted by molar-refractivity contribution is 7.80. The summed E-state index contributed by atoms with van der Waals surface area (Å²) in [7, 11) is 1.75. The molecule has 1 aromatic carbocycles. The Balaban J connectivity index is 2.12. The van der Waals surface area contributed by atoms with E-state index in [4.69, 9.17) is 18.0 Å². The van der Waals surface area contributed by atoms with Crippen LogP contribution < -0.4 is 10.6 Å². The molecule has 0 radical (unpaired) electrons. The molecule has 6 nitrogen and oxygen atoms in total. The number of aromatic nitrogens is 4. The maximum Gasteiger partial charge on any atom is 0.193 e. The van der Waals surface area contributed by atoms with E-state index in [1.54, 1.807) is 7.05 Å². The lowest BCUT2D eigenvalue weighted by Gasteiger charge is -2.23. The summed E-state index contributed by atoms with van der Waals surface area (Å²) in [6, 6.07) is 10.0. The van der Waals surface area contributed by atoms with Crippen molar-refractivity contribution in [3.05, 3.63) is 36.2 Å². The van der Waals surface area contributed by atoms with Crippen LogP contribution >= 0.6 is 12.2 Å². The van der Waals surface area contributed by atoms with Gasteiger partial charge in [-0.15, -0.1) is 10.2 Å². The van der Waals surface area contributed by atoms with E-state index in [-0.39, 0.29) is 0 Å². The maximum atomic E-state index is 5.57. The molecule has 0 amide bonds. The maximum absolute atomic E-state index is 5.57. The molecular weight excluding hydrogens is 260 g/mol. The van der Waals surface area contributed by atoms with Crippen molar-refractivity contribution in [1.82, 2.24) is 20.2 Å². The van der Waals surface area contributed by atoms with Crippen LogP contribution in [0.15, 0.2) is 30.3 Å². The van der Waals surface area contributed by atoms with Crippen molar-refractivity contribution in [2.45, 2.75) is 13.0 Å². The molecule has 0 bridgehead atoms. The van der Waals surface area contributed by atoms with Crippen LogP contribution in [-0.2, 0) is 13.6 Å². The van der Waals surface area contributed by atoms with E-state index >= 15 is 0 Å². The minimum Gasteiger partial charge on any atom is -0.393 e. The van der Waals surface area contributed by atoms with Gasteiger partial charge in [0.1, 0.15) is 0 Å². The standard InChI is InChI=1S/C12H16N6S/c1-17-15-12(14-16-17)9-18(8-7-11(13)19)10-5-3-2-4-6-10/h2-6H,7-9H2,1H3,(H2,13,19). The van der Waals surface area contributed by atoms with Crippen molar-refractivity contribution in [1.29, 1.82) is 0 Å². The normalized spacial score (nSPS) is 10.4. The molecule has 0 spiro atoms. The van der Waals surface area contributed by atoms with Crippen LogP contribution in [-0.4, -0.2) is 31.7 Å². The van der Waals surface area contributed by atoms with Crippen LogP contribution in [0.5, 0.6) is 0 Å². The van der Waals surface area contributed by atoms with Crippen LogP contribution in [0.2, 0.25) is 0 Å². The van der Waals surface area contributed by atoms with Crippen molar-refractivity contribution in [3.8, 4) is 0 Å². The molecule has 0 saturated carbocycles. The Morgan fingerprint density at radius 3 is 2.68 bits per heavy atom. The Morgan fingerprint density at radius 2 is 2.11 bits per heavy atom. The molecule has 1 aromatic heterocycles. The van der Waals surface area contributed by atoms with E-state index in [9.17, 15) is 0 Å². The quantitative estimate of drug-likeness (QED) is 0.790. The van der Waals surface area contributed by atoms with Gasteiger partial charge >= 0.3 is 0 Å². The molecule has 0 aliphatic carbocycles. The second-order valence-corrected chi connectivity index (χ2v) is 4.69. The third-order valence-electron chi connectivity index (χ3n) is 2.63. The summed E-state index contributed by atoms with van der Waals surface area (Å²) < 4.78 is 0. The van der Waals surface area contributed by atoms with Crippen molar-refractivity contribution >= 4 is 22.9 Å². The molecule has 0 aliphatic heterocycles. The van der Waals surface area contributed by atoms with Gasteiger partial charge < -0.3 is 10.6 Å². The molecule has 100 valence electrons. The number of hydrogen-bond donors (Lipinski definition) is 1. The third-order valence-corrected chi connectivity index (χ3v) is 2.84. The average molecular weight is 276 g/mol. The molecule has 0 fully saturated rings. The van der Waals surface area contributed by atoms with Gasteiger partial charge in [-0.1, -0.05) is 30.4 Å². The Bertz CT molecular complexity index is 538.